The van der Waals surface area contributed by atoms with Crippen LogP contribution in [0.1, 0.15) is 6.92 Å². The van der Waals surface area contributed by atoms with E-state index in [-0.39, 0.29) is 0 Å². The van der Waals surface area contributed by atoms with Gasteiger partial charge in [-0.15, -0.1) is 4.99 Å². The quantitative estimate of drug-likeness (QED) is 0.528. The molecule has 0 aliphatic carbocycles. The Hall–Kier alpha value is -0.690. The number of hydrogen-bond donors (Lipinski definition) is 0. The van der Waals surface area contributed by atoms with Crippen molar-refractivity contribution in [3.05, 3.63) is 0 Å². The van der Waals surface area contributed by atoms with E-state index in [1.807, 2.05) is 0 Å². The maximum absolute atomic E-state index is 8.26. The highest BCUT2D eigenvalue weighted by atomic mass is 32.2. The van der Waals surface area contributed by atoms with Crippen molar-refractivity contribution in [3.8, 4) is 6.19 Å². The van der Waals surface area contributed by atoms with Gasteiger partial charge in [0.1, 0.15) is 0 Å². The summed E-state index contributed by atoms with van der Waals surface area (Å²) in [6, 6.07) is 0. The molecule has 1 aliphatic heterocycles. The van der Waals surface area contributed by atoms with Crippen LogP contribution in [0.25, 0.3) is 0 Å². The first-order valence-electron chi connectivity index (χ1n) is 3.23. The standard InChI is InChI=1S/C6H9N3S/c1-2-9-3-4-10-6(9)8-5-7/h2-4H2,1H3/b8-6-. The van der Waals surface area contributed by atoms with Crippen molar-refractivity contribution in [1.29, 1.82) is 5.26 Å². The Kier molecular flexibility index (Phi) is 2.57. The van der Waals surface area contributed by atoms with Crippen LogP contribution in [0, 0.1) is 11.5 Å². The van der Waals surface area contributed by atoms with Gasteiger partial charge >= 0.3 is 0 Å². The van der Waals surface area contributed by atoms with Crippen LogP contribution < -0.4 is 0 Å². The first-order valence-corrected chi connectivity index (χ1v) is 4.21. The minimum Gasteiger partial charge on any atom is -0.350 e. The fourth-order valence-electron chi connectivity index (χ4n) is 0.873. The summed E-state index contributed by atoms with van der Waals surface area (Å²) in [5, 5.41) is 9.14. The zero-order valence-electron chi connectivity index (χ0n) is 5.87. The predicted octanol–water partition coefficient (Wildman–Crippen LogP) is 0.892. The summed E-state index contributed by atoms with van der Waals surface area (Å²) in [5.74, 6) is 1.06. The van der Waals surface area contributed by atoms with E-state index in [1.54, 1.807) is 18.0 Å². The molecule has 3 nitrogen and oxygen atoms in total. The van der Waals surface area contributed by atoms with Gasteiger partial charge in [-0.1, -0.05) is 11.8 Å². The smallest absolute Gasteiger partial charge is 0.208 e. The monoisotopic (exact) mass is 155 g/mol. The number of thioether (sulfide) groups is 1. The average molecular weight is 155 g/mol. The number of amidine groups is 1. The Bertz CT molecular complexity index is 182. The zero-order chi connectivity index (χ0) is 7.40. The second kappa shape index (κ2) is 3.47. The Morgan fingerprint density at radius 1 is 1.90 bits per heavy atom. The topological polar surface area (TPSA) is 39.4 Å². The Balaban J connectivity index is 2.60. The molecule has 1 aliphatic rings. The molecule has 1 heterocycles. The minimum absolute atomic E-state index is 0.880. The van der Waals surface area contributed by atoms with Crippen LogP contribution in [0.5, 0.6) is 0 Å². The molecule has 0 amide bonds. The van der Waals surface area contributed by atoms with Gasteiger partial charge in [0.25, 0.3) is 0 Å². The van der Waals surface area contributed by atoms with E-state index in [2.05, 4.69) is 16.8 Å². The van der Waals surface area contributed by atoms with Gasteiger partial charge in [0.15, 0.2) is 5.17 Å². The molecular weight excluding hydrogens is 146 g/mol. The first kappa shape index (κ1) is 7.42. The second-order valence-electron chi connectivity index (χ2n) is 1.92. The predicted molar refractivity (Wildman–Crippen MR) is 42.8 cm³/mol. The molecule has 10 heavy (non-hydrogen) atoms. The van der Waals surface area contributed by atoms with E-state index in [1.165, 1.54) is 0 Å². The fraction of sp³-hybridized carbons (Fsp3) is 0.667. The van der Waals surface area contributed by atoms with E-state index in [4.69, 9.17) is 5.26 Å². The molecule has 0 bridgehead atoms. The van der Waals surface area contributed by atoms with Crippen molar-refractivity contribution in [2.24, 2.45) is 4.99 Å². The van der Waals surface area contributed by atoms with E-state index >= 15 is 0 Å². The van der Waals surface area contributed by atoms with Crippen LogP contribution in [-0.2, 0) is 0 Å². The third-order valence-electron chi connectivity index (χ3n) is 1.39. The minimum atomic E-state index is 0.880. The van der Waals surface area contributed by atoms with Gasteiger partial charge in [0.2, 0.25) is 6.19 Å². The molecule has 0 atom stereocenters. The molecule has 0 unspecified atom stereocenters. The summed E-state index contributed by atoms with van der Waals surface area (Å²) in [6.45, 7) is 4.05. The molecule has 4 heteroatoms. The SMILES string of the molecule is CCN1CCS/C1=N\C#N. The molecule has 0 aromatic carbocycles. The van der Waals surface area contributed by atoms with Gasteiger partial charge in [-0.3, -0.25) is 0 Å². The van der Waals surface area contributed by atoms with Crippen molar-refractivity contribution in [1.82, 2.24) is 4.90 Å². The second-order valence-corrected chi connectivity index (χ2v) is 2.98. The average Bonchev–Trinajstić information content (AvgIpc) is 2.36. The Labute approximate surface area is 64.7 Å². The van der Waals surface area contributed by atoms with Crippen LogP contribution in [-0.4, -0.2) is 28.9 Å². The number of aliphatic imine (C=N–C) groups is 1. The molecule has 0 spiro atoms. The molecule has 1 fully saturated rings. The molecule has 1 rings (SSSR count). The first-order chi connectivity index (χ1) is 4.88. The maximum Gasteiger partial charge on any atom is 0.208 e. The molecule has 0 radical (unpaired) electrons. The van der Waals surface area contributed by atoms with E-state index in [0.717, 1.165) is 24.0 Å². The summed E-state index contributed by atoms with van der Waals surface area (Å²) < 4.78 is 0. The zero-order valence-corrected chi connectivity index (χ0v) is 6.69. The molecule has 0 aromatic rings. The molecule has 0 saturated carbocycles. The largest absolute Gasteiger partial charge is 0.350 e. The van der Waals surface area contributed by atoms with Crippen molar-refractivity contribution < 1.29 is 0 Å². The lowest BCUT2D eigenvalue weighted by Gasteiger charge is -2.12. The number of nitrogens with zero attached hydrogens (tertiary/aromatic N) is 3. The van der Waals surface area contributed by atoms with Crippen molar-refractivity contribution in [2.45, 2.75) is 6.92 Å². The molecular formula is C6H9N3S. The van der Waals surface area contributed by atoms with Gasteiger partial charge in [0.05, 0.1) is 0 Å². The lowest BCUT2D eigenvalue weighted by atomic mass is 10.6. The van der Waals surface area contributed by atoms with Crippen LogP contribution >= 0.6 is 11.8 Å². The van der Waals surface area contributed by atoms with Gasteiger partial charge in [-0.2, -0.15) is 5.26 Å². The molecule has 1 saturated heterocycles. The third-order valence-corrected chi connectivity index (χ3v) is 2.38. The van der Waals surface area contributed by atoms with E-state index < -0.39 is 0 Å². The fourth-order valence-corrected chi connectivity index (χ4v) is 1.88. The van der Waals surface area contributed by atoms with Gasteiger partial charge < -0.3 is 4.90 Å². The van der Waals surface area contributed by atoms with Crippen LogP contribution in [0.15, 0.2) is 4.99 Å². The van der Waals surface area contributed by atoms with Crippen molar-refractivity contribution >= 4 is 16.9 Å². The number of hydrogen-bond acceptors (Lipinski definition) is 3. The Morgan fingerprint density at radius 3 is 3.30 bits per heavy atom. The van der Waals surface area contributed by atoms with Crippen LogP contribution in [0.4, 0.5) is 0 Å². The van der Waals surface area contributed by atoms with Crippen LogP contribution in [0.2, 0.25) is 0 Å². The lowest BCUT2D eigenvalue weighted by Crippen LogP contribution is -2.23. The van der Waals surface area contributed by atoms with Gasteiger partial charge in [0, 0.05) is 18.8 Å². The lowest BCUT2D eigenvalue weighted by molar-refractivity contribution is 0.489. The van der Waals surface area contributed by atoms with E-state index in [0.29, 0.717) is 0 Å². The Morgan fingerprint density at radius 2 is 2.70 bits per heavy atom. The summed E-state index contributed by atoms with van der Waals surface area (Å²) in [4.78, 5) is 5.79. The normalized spacial score (nSPS) is 21.6. The van der Waals surface area contributed by atoms with E-state index in [9.17, 15) is 0 Å². The third kappa shape index (κ3) is 1.42. The molecule has 54 valence electrons. The molecule has 0 N–H and O–H groups in total. The maximum atomic E-state index is 8.26. The highest BCUT2D eigenvalue weighted by molar-refractivity contribution is 8.14. The highest BCUT2D eigenvalue weighted by Crippen LogP contribution is 2.16. The summed E-state index contributed by atoms with van der Waals surface area (Å²) in [6.07, 6.45) is 1.80. The summed E-state index contributed by atoms with van der Waals surface area (Å²) in [5.41, 5.74) is 0. The van der Waals surface area contributed by atoms with Gasteiger partial charge in [-0.25, -0.2) is 0 Å². The summed E-state index contributed by atoms with van der Waals surface area (Å²) >= 11 is 1.65. The highest BCUT2D eigenvalue weighted by Gasteiger charge is 2.16. The molecule has 0 aromatic heterocycles. The van der Waals surface area contributed by atoms with Crippen molar-refractivity contribution in [3.63, 3.8) is 0 Å². The number of rotatable bonds is 1. The summed E-state index contributed by atoms with van der Waals surface area (Å²) in [7, 11) is 0. The van der Waals surface area contributed by atoms with Crippen LogP contribution in [0.3, 0.4) is 0 Å². The number of nitriles is 1. The van der Waals surface area contributed by atoms with Crippen molar-refractivity contribution in [2.75, 3.05) is 18.8 Å². The van der Waals surface area contributed by atoms with Gasteiger partial charge in [-0.05, 0) is 6.92 Å².